The molecule has 7 heteroatoms. The van der Waals surface area contributed by atoms with E-state index in [2.05, 4.69) is 58.4 Å². The number of benzene rings is 1. The summed E-state index contributed by atoms with van der Waals surface area (Å²) in [4.78, 5) is 20.8. The van der Waals surface area contributed by atoms with Gasteiger partial charge in [-0.05, 0) is 24.0 Å². The van der Waals surface area contributed by atoms with Crippen molar-refractivity contribution in [2.45, 2.75) is 39.3 Å². The third-order valence-electron chi connectivity index (χ3n) is 5.21. The number of rotatable bonds is 6. The fourth-order valence-electron chi connectivity index (χ4n) is 3.30. The first-order valence-electron chi connectivity index (χ1n) is 9.73. The Morgan fingerprint density at radius 2 is 1.70 bits per heavy atom. The van der Waals surface area contributed by atoms with Gasteiger partial charge in [0.1, 0.15) is 12.7 Å². The minimum Gasteiger partial charge on any atom is -0.331 e. The highest BCUT2D eigenvalue weighted by Crippen LogP contribution is 2.19. The van der Waals surface area contributed by atoms with Crippen LogP contribution in [0.1, 0.15) is 43.9 Å². The molecule has 2 aromatic rings. The average molecular weight is 371 g/mol. The molecule has 0 unspecified atom stereocenters. The van der Waals surface area contributed by atoms with Crippen LogP contribution in [0.3, 0.4) is 0 Å². The lowest BCUT2D eigenvalue weighted by Gasteiger charge is -2.35. The molecule has 1 atom stereocenters. The number of nitrogens with zero attached hydrogens (tertiary/aromatic N) is 5. The minimum atomic E-state index is 0.00376. The van der Waals surface area contributed by atoms with E-state index >= 15 is 0 Å². The SMILES string of the molecule is CC(C)c1ccc([C@H](C)NC(=O)N2CCN(CCn3cncn3)CC2)cc1. The zero-order valence-electron chi connectivity index (χ0n) is 16.5. The van der Waals surface area contributed by atoms with Gasteiger partial charge < -0.3 is 10.2 Å². The molecule has 1 fully saturated rings. The molecule has 2 heterocycles. The smallest absolute Gasteiger partial charge is 0.317 e. The molecule has 3 rings (SSSR count). The van der Waals surface area contributed by atoms with E-state index in [1.807, 2.05) is 16.5 Å². The molecule has 7 nitrogen and oxygen atoms in total. The predicted octanol–water partition coefficient (Wildman–Crippen LogP) is 2.49. The van der Waals surface area contributed by atoms with Gasteiger partial charge in [-0.3, -0.25) is 9.58 Å². The van der Waals surface area contributed by atoms with Crippen LogP contribution in [0.15, 0.2) is 36.9 Å². The number of hydrogen-bond donors (Lipinski definition) is 1. The number of carbonyl (C=O) groups is 1. The molecule has 146 valence electrons. The quantitative estimate of drug-likeness (QED) is 0.848. The summed E-state index contributed by atoms with van der Waals surface area (Å²) in [6.07, 6.45) is 3.29. The number of urea groups is 1. The van der Waals surface area contributed by atoms with Crippen molar-refractivity contribution < 1.29 is 4.79 Å². The Hall–Kier alpha value is -2.41. The van der Waals surface area contributed by atoms with Gasteiger partial charge in [0.05, 0.1) is 12.6 Å². The number of hydrogen-bond acceptors (Lipinski definition) is 4. The van der Waals surface area contributed by atoms with Crippen molar-refractivity contribution in [1.29, 1.82) is 0 Å². The van der Waals surface area contributed by atoms with Crippen LogP contribution in [0.4, 0.5) is 4.79 Å². The van der Waals surface area contributed by atoms with Gasteiger partial charge in [0.25, 0.3) is 0 Å². The average Bonchev–Trinajstić information content (AvgIpc) is 3.20. The monoisotopic (exact) mass is 370 g/mol. The van der Waals surface area contributed by atoms with Crippen molar-refractivity contribution in [2.24, 2.45) is 0 Å². The number of amides is 2. The largest absolute Gasteiger partial charge is 0.331 e. The van der Waals surface area contributed by atoms with E-state index in [0.29, 0.717) is 5.92 Å². The molecule has 27 heavy (non-hydrogen) atoms. The van der Waals surface area contributed by atoms with Gasteiger partial charge in [-0.25, -0.2) is 9.78 Å². The van der Waals surface area contributed by atoms with Crippen molar-refractivity contribution in [1.82, 2.24) is 29.9 Å². The van der Waals surface area contributed by atoms with E-state index in [1.165, 1.54) is 5.56 Å². The number of aromatic nitrogens is 3. The normalized spacial score (nSPS) is 16.5. The molecule has 1 aromatic carbocycles. The van der Waals surface area contributed by atoms with Crippen molar-refractivity contribution >= 4 is 6.03 Å². The zero-order chi connectivity index (χ0) is 19.2. The van der Waals surface area contributed by atoms with Crippen LogP contribution in [-0.2, 0) is 6.54 Å². The van der Waals surface area contributed by atoms with Gasteiger partial charge in [-0.1, -0.05) is 38.1 Å². The third kappa shape index (κ3) is 5.29. The van der Waals surface area contributed by atoms with Crippen molar-refractivity contribution in [3.05, 3.63) is 48.0 Å². The molecule has 1 aliphatic rings. The zero-order valence-corrected chi connectivity index (χ0v) is 16.5. The molecule has 0 bridgehead atoms. The maximum atomic E-state index is 12.6. The van der Waals surface area contributed by atoms with E-state index in [4.69, 9.17) is 0 Å². The van der Waals surface area contributed by atoms with Crippen LogP contribution < -0.4 is 5.32 Å². The molecule has 1 saturated heterocycles. The van der Waals surface area contributed by atoms with Crippen LogP contribution in [0.25, 0.3) is 0 Å². The summed E-state index contributed by atoms with van der Waals surface area (Å²) in [6.45, 7) is 11.4. The highest BCUT2D eigenvalue weighted by atomic mass is 16.2. The second-order valence-electron chi connectivity index (χ2n) is 7.48. The molecule has 1 N–H and O–H groups in total. The Balaban J connectivity index is 1.43. The third-order valence-corrected chi connectivity index (χ3v) is 5.21. The van der Waals surface area contributed by atoms with Crippen molar-refractivity contribution in [3.8, 4) is 0 Å². The molecule has 2 amide bonds. The Morgan fingerprint density at radius 3 is 2.30 bits per heavy atom. The standard InChI is InChI=1S/C20H30N6O/c1-16(2)18-4-6-19(7-5-18)17(3)23-20(27)25-11-8-24(9-12-25)10-13-26-15-21-14-22-26/h4-7,14-17H,8-13H2,1-3H3,(H,23,27)/t17-/m0/s1. The van der Waals surface area contributed by atoms with Gasteiger partial charge in [-0.15, -0.1) is 0 Å². The van der Waals surface area contributed by atoms with E-state index in [0.717, 1.165) is 44.8 Å². The summed E-state index contributed by atoms with van der Waals surface area (Å²) in [5, 5.41) is 7.25. The summed E-state index contributed by atoms with van der Waals surface area (Å²) in [6, 6.07) is 8.55. The highest BCUT2D eigenvalue weighted by molar-refractivity contribution is 5.74. The first kappa shape index (κ1) is 19.4. The van der Waals surface area contributed by atoms with Gasteiger partial charge in [0, 0.05) is 32.7 Å². The Morgan fingerprint density at radius 1 is 1.04 bits per heavy atom. The number of piperazine rings is 1. The van der Waals surface area contributed by atoms with Crippen LogP contribution in [0, 0.1) is 0 Å². The predicted molar refractivity (Wildman–Crippen MR) is 106 cm³/mol. The van der Waals surface area contributed by atoms with E-state index in [9.17, 15) is 4.79 Å². The second-order valence-corrected chi connectivity index (χ2v) is 7.48. The summed E-state index contributed by atoms with van der Waals surface area (Å²) in [5.41, 5.74) is 2.46. The summed E-state index contributed by atoms with van der Waals surface area (Å²) < 4.78 is 1.84. The molecule has 0 saturated carbocycles. The molecule has 1 aromatic heterocycles. The molecule has 0 spiro atoms. The van der Waals surface area contributed by atoms with Gasteiger partial charge in [0.15, 0.2) is 0 Å². The maximum Gasteiger partial charge on any atom is 0.317 e. The van der Waals surface area contributed by atoms with Gasteiger partial charge >= 0.3 is 6.03 Å². The summed E-state index contributed by atoms with van der Waals surface area (Å²) >= 11 is 0. The fourth-order valence-corrected chi connectivity index (χ4v) is 3.30. The van der Waals surface area contributed by atoms with E-state index in [-0.39, 0.29) is 12.1 Å². The lowest BCUT2D eigenvalue weighted by Crippen LogP contribution is -2.52. The second kappa shape index (κ2) is 8.99. The molecular weight excluding hydrogens is 340 g/mol. The van der Waals surface area contributed by atoms with Crippen molar-refractivity contribution in [2.75, 3.05) is 32.7 Å². The topological polar surface area (TPSA) is 66.3 Å². The summed E-state index contributed by atoms with van der Waals surface area (Å²) in [7, 11) is 0. The first-order valence-corrected chi connectivity index (χ1v) is 9.73. The summed E-state index contributed by atoms with van der Waals surface area (Å²) in [5.74, 6) is 0.518. The van der Waals surface area contributed by atoms with E-state index in [1.54, 1.807) is 12.7 Å². The maximum absolute atomic E-state index is 12.6. The molecule has 0 aliphatic carbocycles. The molecule has 0 radical (unpaired) electrons. The van der Waals surface area contributed by atoms with Crippen LogP contribution in [0.2, 0.25) is 0 Å². The molecule has 1 aliphatic heterocycles. The Bertz CT molecular complexity index is 705. The number of nitrogens with one attached hydrogen (secondary N) is 1. The lowest BCUT2D eigenvalue weighted by molar-refractivity contribution is 0.134. The van der Waals surface area contributed by atoms with Crippen molar-refractivity contribution in [3.63, 3.8) is 0 Å². The Labute approximate surface area is 161 Å². The molecular formula is C20H30N6O. The van der Waals surface area contributed by atoms with Gasteiger partial charge in [-0.2, -0.15) is 5.10 Å². The fraction of sp³-hybridized carbons (Fsp3) is 0.550. The highest BCUT2D eigenvalue weighted by Gasteiger charge is 2.22. The Kier molecular flexibility index (Phi) is 6.45. The van der Waals surface area contributed by atoms with Crippen LogP contribution in [0.5, 0.6) is 0 Å². The lowest BCUT2D eigenvalue weighted by atomic mass is 10.00. The van der Waals surface area contributed by atoms with Crippen LogP contribution in [-0.4, -0.2) is 63.3 Å². The number of carbonyl (C=O) groups excluding carboxylic acids is 1. The van der Waals surface area contributed by atoms with Gasteiger partial charge in [0.2, 0.25) is 0 Å². The van der Waals surface area contributed by atoms with Crippen LogP contribution >= 0.6 is 0 Å². The minimum absolute atomic E-state index is 0.00376. The first-order chi connectivity index (χ1) is 13.0. The van der Waals surface area contributed by atoms with E-state index < -0.39 is 0 Å².